The Labute approximate surface area is 122 Å². The highest BCUT2D eigenvalue weighted by atomic mass is 32.1. The van der Waals surface area contributed by atoms with Crippen molar-refractivity contribution in [3.8, 4) is 10.6 Å². The van der Waals surface area contributed by atoms with Gasteiger partial charge in [-0.3, -0.25) is 0 Å². The molecule has 0 bridgehead atoms. The number of benzene rings is 1. The first-order chi connectivity index (χ1) is 9.86. The molecule has 1 aromatic carbocycles. The summed E-state index contributed by atoms with van der Waals surface area (Å²) in [6, 6.07) is 2.26. The summed E-state index contributed by atoms with van der Waals surface area (Å²) >= 11 is 1.13. The first-order valence-corrected chi connectivity index (χ1v) is 7.30. The van der Waals surface area contributed by atoms with Crippen LogP contribution in [0.15, 0.2) is 18.2 Å². The normalized spacial score (nSPS) is 18.6. The molecule has 0 amide bonds. The van der Waals surface area contributed by atoms with E-state index >= 15 is 0 Å². The molecule has 0 spiro atoms. The molecule has 21 heavy (non-hydrogen) atoms. The Hall–Kier alpha value is -1.47. The Balaban J connectivity index is 2.15. The van der Waals surface area contributed by atoms with E-state index < -0.39 is 17.6 Å². The van der Waals surface area contributed by atoms with Crippen LogP contribution in [-0.2, 0) is 12.6 Å². The van der Waals surface area contributed by atoms with Gasteiger partial charge in [0.25, 0.3) is 0 Å². The highest BCUT2D eigenvalue weighted by molar-refractivity contribution is 7.15. The number of fused-ring (bicyclic) bond motifs is 1. The molecule has 1 unspecified atom stereocenters. The summed E-state index contributed by atoms with van der Waals surface area (Å²) in [6.07, 6.45) is -2.18. The van der Waals surface area contributed by atoms with Gasteiger partial charge in [0.1, 0.15) is 10.8 Å². The molecule has 0 fully saturated rings. The first kappa shape index (κ1) is 14.5. The highest BCUT2D eigenvalue weighted by Gasteiger charge is 2.35. The lowest BCUT2D eigenvalue weighted by atomic mass is 9.99. The van der Waals surface area contributed by atoms with E-state index in [2.05, 4.69) is 4.98 Å². The van der Waals surface area contributed by atoms with Crippen LogP contribution in [0.2, 0.25) is 0 Å². The maximum Gasteiger partial charge on any atom is 0.417 e. The zero-order valence-electron chi connectivity index (χ0n) is 10.9. The van der Waals surface area contributed by atoms with E-state index in [0.717, 1.165) is 52.9 Å². The second-order valence-corrected chi connectivity index (χ2v) is 6.05. The number of nitrogens with two attached hydrogens (primary N) is 1. The second kappa shape index (κ2) is 5.06. The van der Waals surface area contributed by atoms with Crippen molar-refractivity contribution in [2.45, 2.75) is 31.5 Å². The van der Waals surface area contributed by atoms with Crippen LogP contribution in [0.1, 0.15) is 35.0 Å². The fourth-order valence-electron chi connectivity index (χ4n) is 2.51. The predicted molar refractivity (Wildman–Crippen MR) is 72.4 cm³/mol. The molecule has 3 rings (SSSR count). The molecule has 2 nitrogen and oxygen atoms in total. The highest BCUT2D eigenvalue weighted by Crippen LogP contribution is 2.42. The number of aryl methyl sites for hydroxylation is 1. The third kappa shape index (κ3) is 2.67. The fourth-order valence-corrected chi connectivity index (χ4v) is 3.69. The third-order valence-electron chi connectivity index (χ3n) is 3.51. The monoisotopic (exact) mass is 316 g/mol. The van der Waals surface area contributed by atoms with Crippen molar-refractivity contribution >= 4 is 11.3 Å². The lowest BCUT2D eigenvalue weighted by Crippen LogP contribution is -2.15. The summed E-state index contributed by atoms with van der Waals surface area (Å²) in [4.78, 5) is 5.07. The summed E-state index contributed by atoms with van der Waals surface area (Å²) < 4.78 is 52.5. The molecule has 0 aliphatic heterocycles. The van der Waals surface area contributed by atoms with Crippen LogP contribution >= 0.6 is 11.3 Å². The number of hydrogen-bond acceptors (Lipinski definition) is 3. The van der Waals surface area contributed by atoms with E-state index in [0.29, 0.717) is 6.42 Å². The van der Waals surface area contributed by atoms with E-state index in [1.807, 2.05) is 0 Å². The van der Waals surface area contributed by atoms with Crippen molar-refractivity contribution in [3.63, 3.8) is 0 Å². The van der Waals surface area contributed by atoms with Crippen LogP contribution < -0.4 is 5.73 Å². The van der Waals surface area contributed by atoms with E-state index in [9.17, 15) is 17.6 Å². The van der Waals surface area contributed by atoms with Crippen molar-refractivity contribution in [1.82, 2.24) is 4.98 Å². The van der Waals surface area contributed by atoms with Gasteiger partial charge in [-0.2, -0.15) is 13.2 Å². The minimum absolute atomic E-state index is 0.184. The first-order valence-electron chi connectivity index (χ1n) is 6.48. The lowest BCUT2D eigenvalue weighted by molar-refractivity contribution is -0.137. The SMILES string of the molecule is NC1CCCc2nc(-c3cc(F)ccc3C(F)(F)F)sc21. The number of thiazole rings is 1. The predicted octanol–water partition coefficient (Wildman–Crippen LogP) is 4.30. The van der Waals surface area contributed by atoms with Gasteiger partial charge in [-0.1, -0.05) is 0 Å². The molecule has 1 aliphatic carbocycles. The Morgan fingerprint density at radius 3 is 2.71 bits per heavy atom. The smallest absolute Gasteiger partial charge is 0.323 e. The number of aromatic nitrogens is 1. The van der Waals surface area contributed by atoms with Crippen LogP contribution in [0.4, 0.5) is 17.6 Å². The lowest BCUT2D eigenvalue weighted by Gasteiger charge is -2.15. The molecule has 1 heterocycles. The summed E-state index contributed by atoms with van der Waals surface area (Å²) in [5, 5.41) is 0.184. The van der Waals surface area contributed by atoms with Crippen molar-refractivity contribution in [1.29, 1.82) is 0 Å². The van der Waals surface area contributed by atoms with Crippen LogP contribution in [0, 0.1) is 5.82 Å². The Kier molecular flexibility index (Phi) is 3.49. The van der Waals surface area contributed by atoms with Gasteiger partial charge < -0.3 is 5.73 Å². The van der Waals surface area contributed by atoms with Gasteiger partial charge in [0.2, 0.25) is 0 Å². The van der Waals surface area contributed by atoms with Gasteiger partial charge in [-0.15, -0.1) is 11.3 Å². The molecule has 7 heteroatoms. The summed E-state index contributed by atoms with van der Waals surface area (Å²) in [5.41, 5.74) is 5.62. The van der Waals surface area contributed by atoms with Crippen molar-refractivity contribution in [2.75, 3.05) is 0 Å². The topological polar surface area (TPSA) is 38.9 Å². The van der Waals surface area contributed by atoms with E-state index in [1.54, 1.807) is 0 Å². The fraction of sp³-hybridized carbons (Fsp3) is 0.357. The molecular formula is C14H12F4N2S. The minimum Gasteiger partial charge on any atom is -0.323 e. The number of halogens is 4. The molecule has 0 radical (unpaired) electrons. The average Bonchev–Trinajstić information content (AvgIpc) is 2.82. The van der Waals surface area contributed by atoms with Gasteiger partial charge >= 0.3 is 6.18 Å². The van der Waals surface area contributed by atoms with Crippen LogP contribution in [-0.4, -0.2) is 4.98 Å². The molecule has 112 valence electrons. The molecule has 2 aromatic rings. The Morgan fingerprint density at radius 2 is 2.05 bits per heavy atom. The summed E-state index contributed by atoms with van der Waals surface area (Å²) in [6.45, 7) is 0. The number of nitrogens with zero attached hydrogens (tertiary/aromatic N) is 1. The summed E-state index contributed by atoms with van der Waals surface area (Å²) in [5.74, 6) is -0.713. The molecule has 0 saturated carbocycles. The number of rotatable bonds is 1. The largest absolute Gasteiger partial charge is 0.417 e. The Bertz CT molecular complexity index is 678. The average molecular weight is 316 g/mol. The van der Waals surface area contributed by atoms with E-state index in [4.69, 9.17) is 5.73 Å². The standard InChI is InChI=1S/C14H12F4N2S/c15-7-4-5-9(14(16,17)18)8(6-7)13-20-11-3-1-2-10(19)12(11)21-13/h4-6,10H,1-3,19H2. The van der Waals surface area contributed by atoms with Gasteiger partial charge in [-0.25, -0.2) is 9.37 Å². The Morgan fingerprint density at radius 1 is 1.29 bits per heavy atom. The maximum absolute atomic E-state index is 13.4. The van der Waals surface area contributed by atoms with Crippen molar-refractivity contribution < 1.29 is 17.6 Å². The quantitative estimate of drug-likeness (QED) is 0.797. The van der Waals surface area contributed by atoms with Crippen molar-refractivity contribution in [3.05, 3.63) is 40.2 Å². The maximum atomic E-state index is 13.4. The molecule has 1 aromatic heterocycles. The molecule has 1 aliphatic rings. The number of hydrogen-bond donors (Lipinski definition) is 1. The molecule has 1 atom stereocenters. The van der Waals surface area contributed by atoms with Gasteiger partial charge in [0.05, 0.1) is 11.3 Å². The zero-order valence-corrected chi connectivity index (χ0v) is 11.7. The van der Waals surface area contributed by atoms with Gasteiger partial charge in [-0.05, 0) is 37.5 Å². The third-order valence-corrected chi connectivity index (χ3v) is 4.77. The van der Waals surface area contributed by atoms with Gasteiger partial charge in [0, 0.05) is 16.5 Å². The van der Waals surface area contributed by atoms with Crippen LogP contribution in [0.3, 0.4) is 0 Å². The zero-order chi connectivity index (χ0) is 15.2. The molecule has 2 N–H and O–H groups in total. The van der Waals surface area contributed by atoms with Gasteiger partial charge in [0.15, 0.2) is 0 Å². The molecular weight excluding hydrogens is 304 g/mol. The van der Waals surface area contributed by atoms with Crippen molar-refractivity contribution in [2.24, 2.45) is 5.73 Å². The van der Waals surface area contributed by atoms with E-state index in [1.165, 1.54) is 0 Å². The van der Waals surface area contributed by atoms with E-state index in [-0.39, 0.29) is 16.6 Å². The second-order valence-electron chi connectivity index (χ2n) is 5.02. The minimum atomic E-state index is -4.54. The van der Waals surface area contributed by atoms with Crippen LogP contribution in [0.5, 0.6) is 0 Å². The molecule has 0 saturated heterocycles. The summed E-state index contributed by atoms with van der Waals surface area (Å²) in [7, 11) is 0. The van der Waals surface area contributed by atoms with Crippen LogP contribution in [0.25, 0.3) is 10.6 Å². The number of alkyl halides is 3.